The first-order chi connectivity index (χ1) is 7.22. The molecule has 0 saturated heterocycles. The third-order valence-corrected chi connectivity index (χ3v) is 2.18. The SMILES string of the molecule is CSCS.O=C(O)c1ccccc1.[CH3][Hg]. The van der Waals surface area contributed by atoms with E-state index < -0.39 is 5.97 Å². The fraction of sp³-hybridized carbons (Fsp3) is 0.300. The molecular formula is C10H15HgO2S2. The molecule has 2 nitrogen and oxygen atoms in total. The van der Waals surface area contributed by atoms with Crippen molar-refractivity contribution < 1.29 is 36.0 Å². The van der Waals surface area contributed by atoms with E-state index in [1.54, 1.807) is 42.1 Å². The van der Waals surface area contributed by atoms with Crippen LogP contribution in [0.5, 0.6) is 0 Å². The minimum atomic E-state index is -0.879. The van der Waals surface area contributed by atoms with Gasteiger partial charge < -0.3 is 5.11 Å². The van der Waals surface area contributed by atoms with Crippen LogP contribution in [0.2, 0.25) is 4.43 Å². The number of rotatable bonds is 2. The van der Waals surface area contributed by atoms with E-state index in [-0.39, 0.29) is 0 Å². The molecule has 81 valence electrons. The zero-order valence-electron chi connectivity index (χ0n) is 9.01. The molecule has 0 heterocycles. The van der Waals surface area contributed by atoms with Gasteiger partial charge in [0.25, 0.3) is 0 Å². The second kappa shape index (κ2) is 14.3. The molecule has 0 aliphatic heterocycles. The van der Waals surface area contributed by atoms with Gasteiger partial charge in [0.2, 0.25) is 0 Å². The molecule has 1 aromatic rings. The van der Waals surface area contributed by atoms with Gasteiger partial charge in [0.05, 0.1) is 5.56 Å². The molecule has 5 heteroatoms. The van der Waals surface area contributed by atoms with Crippen LogP contribution in [-0.2, 0) is 26.1 Å². The second-order valence-corrected chi connectivity index (χ2v) is 3.70. The fourth-order valence-electron chi connectivity index (χ4n) is 0.581. The van der Waals surface area contributed by atoms with Gasteiger partial charge in [0.1, 0.15) is 0 Å². The monoisotopic (exact) mass is 433 g/mol. The average Bonchev–Trinajstić information content (AvgIpc) is 2.33. The predicted molar refractivity (Wildman–Crippen MR) is 66.6 cm³/mol. The van der Waals surface area contributed by atoms with Crippen LogP contribution < -0.4 is 0 Å². The van der Waals surface area contributed by atoms with Crippen molar-refractivity contribution in [2.75, 3.05) is 11.3 Å². The predicted octanol–water partition coefficient (Wildman–Crippen LogP) is 3.20. The van der Waals surface area contributed by atoms with Crippen LogP contribution in [0.4, 0.5) is 0 Å². The van der Waals surface area contributed by atoms with Crippen molar-refractivity contribution in [2.45, 2.75) is 4.43 Å². The van der Waals surface area contributed by atoms with Crippen molar-refractivity contribution in [1.29, 1.82) is 0 Å². The molecule has 0 spiro atoms. The molecule has 0 bridgehead atoms. The number of carboxylic acid groups (broad SMARTS) is 1. The number of hydrogen-bond donors (Lipinski definition) is 2. The Labute approximate surface area is 117 Å². The third-order valence-electron chi connectivity index (χ3n) is 1.15. The summed E-state index contributed by atoms with van der Waals surface area (Å²) >= 11 is 6.63. The zero-order valence-corrected chi connectivity index (χ0v) is 16.2. The van der Waals surface area contributed by atoms with Crippen LogP contribution in [0.3, 0.4) is 0 Å². The van der Waals surface area contributed by atoms with Crippen molar-refractivity contribution in [3.8, 4) is 0 Å². The van der Waals surface area contributed by atoms with E-state index in [0.717, 1.165) is 31.2 Å². The van der Waals surface area contributed by atoms with Crippen molar-refractivity contribution in [3.63, 3.8) is 0 Å². The first kappa shape index (κ1) is 17.7. The van der Waals surface area contributed by atoms with Crippen LogP contribution in [-0.4, -0.2) is 22.4 Å². The van der Waals surface area contributed by atoms with Gasteiger partial charge in [-0.3, -0.25) is 0 Å². The Morgan fingerprint density at radius 1 is 1.40 bits per heavy atom. The maximum atomic E-state index is 10.2. The summed E-state index contributed by atoms with van der Waals surface area (Å²) in [4.78, 5) is 10.2. The Kier molecular flexibility index (Phi) is 16.9. The van der Waals surface area contributed by atoms with E-state index in [1.807, 2.05) is 6.26 Å². The number of hydrogen-bond acceptors (Lipinski definition) is 3. The normalized spacial score (nSPS) is 7.80. The number of thiol groups is 1. The van der Waals surface area contributed by atoms with Crippen molar-refractivity contribution in [2.24, 2.45) is 0 Å². The van der Waals surface area contributed by atoms with Crippen LogP contribution in [0, 0.1) is 0 Å². The topological polar surface area (TPSA) is 37.3 Å². The fourth-order valence-corrected chi connectivity index (χ4v) is 0.581. The first-order valence-electron chi connectivity index (χ1n) is 4.31. The van der Waals surface area contributed by atoms with Gasteiger partial charge in [-0.1, -0.05) is 18.2 Å². The zero-order chi connectivity index (χ0) is 12.1. The number of thioether (sulfide) groups is 1. The Morgan fingerprint density at radius 2 is 1.80 bits per heavy atom. The Balaban J connectivity index is 0. The van der Waals surface area contributed by atoms with Crippen molar-refractivity contribution >= 4 is 30.4 Å². The molecule has 0 aromatic heterocycles. The first-order valence-corrected chi connectivity index (χ1v) is 11.8. The van der Waals surface area contributed by atoms with Crippen LogP contribution in [0.15, 0.2) is 30.3 Å². The summed E-state index contributed by atoms with van der Waals surface area (Å²) in [5, 5.41) is 9.32. The quantitative estimate of drug-likeness (QED) is 0.429. The second-order valence-electron chi connectivity index (χ2n) is 2.09. The number of carboxylic acids is 1. The Hall–Kier alpha value is 0.325. The van der Waals surface area contributed by atoms with Crippen LogP contribution in [0.25, 0.3) is 0 Å². The third kappa shape index (κ3) is 12.3. The van der Waals surface area contributed by atoms with Gasteiger partial charge in [0.15, 0.2) is 0 Å². The van der Waals surface area contributed by atoms with Crippen molar-refractivity contribution in [3.05, 3.63) is 35.9 Å². The van der Waals surface area contributed by atoms with E-state index in [2.05, 4.69) is 17.1 Å². The Morgan fingerprint density at radius 3 is 2.00 bits per heavy atom. The molecule has 1 rings (SSSR count). The summed E-state index contributed by atoms with van der Waals surface area (Å²) in [5.74, 6) is -0.879. The molecule has 1 N–H and O–H groups in total. The van der Waals surface area contributed by atoms with Gasteiger partial charge >= 0.3 is 36.5 Å². The van der Waals surface area contributed by atoms with Gasteiger partial charge in [-0.05, 0) is 18.4 Å². The molecule has 0 aliphatic carbocycles. The molecule has 15 heavy (non-hydrogen) atoms. The molecule has 0 saturated carbocycles. The summed E-state index contributed by atoms with van der Waals surface area (Å²) in [6.45, 7) is 0. The number of benzene rings is 1. The maximum absolute atomic E-state index is 10.2. The van der Waals surface area contributed by atoms with E-state index in [1.165, 1.54) is 0 Å². The van der Waals surface area contributed by atoms with Gasteiger partial charge in [-0.2, -0.15) is 24.4 Å². The molecule has 0 amide bonds. The minimum absolute atomic E-state index is 0.331. The van der Waals surface area contributed by atoms with Crippen LogP contribution in [0.1, 0.15) is 10.4 Å². The van der Waals surface area contributed by atoms with Gasteiger partial charge in [-0.25, -0.2) is 4.79 Å². The molecule has 0 unspecified atom stereocenters. The molecular weight excluding hydrogens is 417 g/mol. The van der Waals surface area contributed by atoms with E-state index in [9.17, 15) is 4.79 Å². The number of aromatic carboxylic acids is 1. The summed E-state index contributed by atoms with van der Waals surface area (Å²) < 4.78 is 2.19. The van der Waals surface area contributed by atoms with Crippen LogP contribution >= 0.6 is 24.4 Å². The van der Waals surface area contributed by atoms with E-state index >= 15 is 0 Å². The molecule has 1 aromatic carbocycles. The van der Waals surface area contributed by atoms with E-state index in [4.69, 9.17) is 5.11 Å². The standard InChI is InChI=1S/C7H6O2.C2H6S2.CH3.Hg/c8-7(9)6-4-2-1-3-5-6;1-4-2-3;;/h1-5H,(H,8,9);3H,2H2,1H3;1H3;. The number of carbonyl (C=O) groups is 1. The van der Waals surface area contributed by atoms with Gasteiger partial charge in [0, 0.05) is 5.08 Å². The molecule has 0 aliphatic rings. The van der Waals surface area contributed by atoms with E-state index in [0.29, 0.717) is 5.56 Å². The van der Waals surface area contributed by atoms with Crippen molar-refractivity contribution in [1.82, 2.24) is 0 Å². The Bertz CT molecular complexity index is 240. The summed E-state index contributed by atoms with van der Waals surface area (Å²) in [6.07, 6.45) is 2.02. The summed E-state index contributed by atoms with van der Waals surface area (Å²) in [5.41, 5.74) is 0.331. The molecule has 0 radical (unpaired) electrons. The molecule has 0 fully saturated rings. The van der Waals surface area contributed by atoms with Gasteiger partial charge in [-0.15, -0.1) is 0 Å². The average molecular weight is 432 g/mol. The molecule has 0 atom stereocenters. The summed E-state index contributed by atoms with van der Waals surface area (Å²) in [7, 11) is 0. The summed E-state index contributed by atoms with van der Waals surface area (Å²) in [6, 6.07) is 8.30.